The first kappa shape index (κ1) is 22.0. The Hall–Kier alpha value is -1.31. The van der Waals surface area contributed by atoms with E-state index < -0.39 is 12.8 Å². The summed E-state index contributed by atoms with van der Waals surface area (Å²) in [5.41, 5.74) is 1.33. The van der Waals surface area contributed by atoms with Crippen molar-refractivity contribution in [2.75, 3.05) is 19.7 Å². The van der Waals surface area contributed by atoms with Gasteiger partial charge in [-0.05, 0) is 36.4 Å². The van der Waals surface area contributed by atoms with Gasteiger partial charge in [0, 0.05) is 13.1 Å². The van der Waals surface area contributed by atoms with Crippen molar-refractivity contribution in [2.24, 2.45) is 11.3 Å². The highest BCUT2D eigenvalue weighted by molar-refractivity contribution is 5.85. The number of hydrogen-bond acceptors (Lipinski definition) is 3. The van der Waals surface area contributed by atoms with Crippen LogP contribution in [0.5, 0.6) is 0 Å². The molecule has 2 atom stereocenters. The number of benzene rings is 1. The number of nitrogens with one attached hydrogen (secondary N) is 2. The molecule has 1 aliphatic carbocycles. The number of amides is 1. The monoisotopic (exact) mass is 406 g/mol. The first-order valence-electron chi connectivity index (χ1n) is 9.10. The lowest BCUT2D eigenvalue weighted by Gasteiger charge is -2.37. The van der Waals surface area contributed by atoms with Crippen molar-refractivity contribution in [3.8, 4) is 0 Å². The Kier molecular flexibility index (Phi) is 7.54. The summed E-state index contributed by atoms with van der Waals surface area (Å²) in [6.07, 6.45) is 0.0200. The lowest BCUT2D eigenvalue weighted by Crippen LogP contribution is -2.47. The molecule has 1 saturated carbocycles. The van der Waals surface area contributed by atoms with Crippen molar-refractivity contribution in [3.05, 3.63) is 35.4 Å². The summed E-state index contributed by atoms with van der Waals surface area (Å²) >= 11 is 0. The summed E-state index contributed by atoms with van der Waals surface area (Å²) in [7, 11) is 0. The summed E-state index contributed by atoms with van der Waals surface area (Å²) in [6, 6.07) is 7.10. The zero-order valence-electron chi connectivity index (χ0n) is 15.1. The largest absolute Gasteiger partial charge is 0.411 e. The number of rotatable bonds is 6. The summed E-state index contributed by atoms with van der Waals surface area (Å²) in [4.78, 5) is 12.8. The molecule has 1 aromatic carbocycles. The van der Waals surface area contributed by atoms with Crippen molar-refractivity contribution in [1.82, 2.24) is 10.6 Å². The molecule has 0 spiro atoms. The van der Waals surface area contributed by atoms with E-state index in [9.17, 15) is 18.0 Å². The maximum Gasteiger partial charge on any atom is 0.411 e. The van der Waals surface area contributed by atoms with Crippen LogP contribution in [0.4, 0.5) is 13.2 Å². The van der Waals surface area contributed by atoms with Crippen LogP contribution in [0.3, 0.4) is 0 Å². The molecule has 0 radical (unpaired) electrons. The van der Waals surface area contributed by atoms with Gasteiger partial charge >= 0.3 is 6.18 Å². The third kappa shape index (κ3) is 5.59. The molecule has 1 saturated heterocycles. The van der Waals surface area contributed by atoms with E-state index in [1.54, 1.807) is 12.1 Å². The average Bonchev–Trinajstić information content (AvgIpc) is 3.05. The van der Waals surface area contributed by atoms with E-state index >= 15 is 0 Å². The standard InChI is InChI=1S/C19H25F3N2O2.ClH/c20-19(21,22)13-26-11-15-6-4-14(5-7-15)9-24-17(25)18-8-2-1-3-16(18)10-23-12-18;/h4-7,16,23H,1-3,8-13H2,(H,24,25);1H/t16-,18+;/m0./s1. The molecular weight excluding hydrogens is 381 g/mol. The Morgan fingerprint density at radius 1 is 1.22 bits per heavy atom. The van der Waals surface area contributed by atoms with Gasteiger partial charge in [-0.2, -0.15) is 13.2 Å². The van der Waals surface area contributed by atoms with Crippen LogP contribution in [-0.2, 0) is 22.7 Å². The SMILES string of the molecule is Cl.O=C(NCc1ccc(COCC(F)(F)F)cc1)[C@@]12CCCC[C@H]1CNC2. The van der Waals surface area contributed by atoms with E-state index in [2.05, 4.69) is 15.4 Å². The smallest absolute Gasteiger partial charge is 0.367 e. The first-order valence-corrected chi connectivity index (χ1v) is 9.10. The molecule has 1 aliphatic heterocycles. The molecule has 4 nitrogen and oxygen atoms in total. The molecule has 0 unspecified atom stereocenters. The second kappa shape index (κ2) is 9.26. The number of alkyl halides is 3. The van der Waals surface area contributed by atoms with E-state index in [0.29, 0.717) is 18.0 Å². The van der Waals surface area contributed by atoms with Crippen molar-refractivity contribution >= 4 is 18.3 Å². The normalized spacial score (nSPS) is 24.8. The van der Waals surface area contributed by atoms with E-state index in [1.165, 1.54) is 6.42 Å². The average molecular weight is 407 g/mol. The van der Waals surface area contributed by atoms with Gasteiger partial charge in [-0.1, -0.05) is 37.1 Å². The number of carbonyl (C=O) groups is 1. The van der Waals surface area contributed by atoms with Crippen molar-refractivity contribution in [2.45, 2.75) is 45.0 Å². The molecule has 0 bridgehead atoms. The maximum atomic E-state index is 12.8. The van der Waals surface area contributed by atoms with Gasteiger partial charge in [0.1, 0.15) is 6.61 Å². The zero-order chi connectivity index (χ0) is 18.6. The minimum atomic E-state index is -4.31. The topological polar surface area (TPSA) is 50.4 Å². The molecule has 8 heteroatoms. The second-order valence-electron chi connectivity index (χ2n) is 7.34. The Morgan fingerprint density at radius 2 is 1.93 bits per heavy atom. The molecular formula is C19H26ClF3N2O2. The van der Waals surface area contributed by atoms with Crippen LogP contribution in [0.2, 0.25) is 0 Å². The fourth-order valence-electron chi connectivity index (χ4n) is 4.09. The van der Waals surface area contributed by atoms with Gasteiger partial charge in [0.25, 0.3) is 0 Å². The van der Waals surface area contributed by atoms with Gasteiger partial charge < -0.3 is 15.4 Å². The van der Waals surface area contributed by atoms with Gasteiger partial charge in [0.05, 0.1) is 12.0 Å². The molecule has 0 aromatic heterocycles. The van der Waals surface area contributed by atoms with E-state index in [4.69, 9.17) is 0 Å². The highest BCUT2D eigenvalue weighted by Gasteiger charge is 2.49. The Morgan fingerprint density at radius 3 is 2.63 bits per heavy atom. The lowest BCUT2D eigenvalue weighted by atomic mass is 9.67. The van der Waals surface area contributed by atoms with Gasteiger partial charge in [-0.25, -0.2) is 0 Å². The van der Waals surface area contributed by atoms with Gasteiger partial charge in [-0.15, -0.1) is 12.4 Å². The summed E-state index contributed by atoms with van der Waals surface area (Å²) < 4.78 is 40.9. The second-order valence-corrected chi connectivity index (χ2v) is 7.34. The third-order valence-corrected chi connectivity index (χ3v) is 5.50. The molecule has 2 fully saturated rings. The predicted molar refractivity (Wildman–Crippen MR) is 98.5 cm³/mol. The first-order chi connectivity index (χ1) is 12.4. The summed E-state index contributed by atoms with van der Waals surface area (Å²) in [6.45, 7) is 0.765. The molecule has 3 rings (SSSR count). The van der Waals surface area contributed by atoms with E-state index in [-0.39, 0.29) is 30.3 Å². The quantitative estimate of drug-likeness (QED) is 0.759. The highest BCUT2D eigenvalue weighted by atomic mass is 35.5. The van der Waals surface area contributed by atoms with Crippen LogP contribution < -0.4 is 10.6 Å². The van der Waals surface area contributed by atoms with Crippen LogP contribution >= 0.6 is 12.4 Å². The Balaban J connectivity index is 0.00000261. The molecule has 152 valence electrons. The van der Waals surface area contributed by atoms with Crippen LogP contribution in [0.25, 0.3) is 0 Å². The molecule has 1 aromatic rings. The van der Waals surface area contributed by atoms with Crippen molar-refractivity contribution in [3.63, 3.8) is 0 Å². The van der Waals surface area contributed by atoms with Gasteiger partial charge in [0.15, 0.2) is 0 Å². The fourth-order valence-corrected chi connectivity index (χ4v) is 4.09. The minimum Gasteiger partial charge on any atom is -0.367 e. The molecule has 2 N–H and O–H groups in total. The minimum absolute atomic E-state index is 0. The predicted octanol–water partition coefficient (Wildman–Crippen LogP) is 3.58. The van der Waals surface area contributed by atoms with Crippen LogP contribution in [0.1, 0.15) is 36.8 Å². The number of ether oxygens (including phenoxy) is 1. The van der Waals surface area contributed by atoms with E-state index in [1.807, 2.05) is 12.1 Å². The molecule has 1 heterocycles. The van der Waals surface area contributed by atoms with Gasteiger partial charge in [0.2, 0.25) is 5.91 Å². The van der Waals surface area contributed by atoms with Crippen LogP contribution in [0.15, 0.2) is 24.3 Å². The van der Waals surface area contributed by atoms with Crippen LogP contribution in [0, 0.1) is 11.3 Å². The number of carbonyl (C=O) groups excluding carboxylic acids is 1. The Bertz CT molecular complexity index is 624. The summed E-state index contributed by atoms with van der Waals surface area (Å²) in [5.74, 6) is 0.536. The maximum absolute atomic E-state index is 12.8. The summed E-state index contributed by atoms with van der Waals surface area (Å²) in [5, 5.41) is 6.42. The van der Waals surface area contributed by atoms with E-state index in [0.717, 1.165) is 37.9 Å². The molecule has 27 heavy (non-hydrogen) atoms. The number of hydrogen-bond donors (Lipinski definition) is 2. The number of fused-ring (bicyclic) bond motifs is 1. The number of halogens is 4. The highest BCUT2D eigenvalue weighted by Crippen LogP contribution is 2.43. The molecule has 2 aliphatic rings. The molecule has 1 amide bonds. The Labute approximate surface area is 163 Å². The zero-order valence-corrected chi connectivity index (χ0v) is 15.9. The van der Waals surface area contributed by atoms with Gasteiger partial charge in [-0.3, -0.25) is 4.79 Å². The van der Waals surface area contributed by atoms with Crippen molar-refractivity contribution < 1.29 is 22.7 Å². The third-order valence-electron chi connectivity index (χ3n) is 5.50. The van der Waals surface area contributed by atoms with Crippen LogP contribution in [-0.4, -0.2) is 31.8 Å². The van der Waals surface area contributed by atoms with Crippen molar-refractivity contribution in [1.29, 1.82) is 0 Å². The fraction of sp³-hybridized carbons (Fsp3) is 0.632. The lowest BCUT2D eigenvalue weighted by molar-refractivity contribution is -0.176.